The number of carboxylic acid groups (broad SMARTS) is 1. The van der Waals surface area contributed by atoms with Gasteiger partial charge in [0.25, 0.3) is 0 Å². The topological polar surface area (TPSA) is 209 Å². The average Bonchev–Trinajstić information content (AvgIpc) is 2.65. The summed E-state index contributed by atoms with van der Waals surface area (Å²) in [4.78, 5) is 36.4. The zero-order valence-electron chi connectivity index (χ0n) is 17.9. The Balaban J connectivity index is 2.00. The van der Waals surface area contributed by atoms with E-state index in [-0.39, 0.29) is 36.9 Å². The van der Waals surface area contributed by atoms with Gasteiger partial charge in [-0.25, -0.2) is 4.79 Å². The van der Waals surface area contributed by atoms with Gasteiger partial charge in [0.05, 0.1) is 6.54 Å². The van der Waals surface area contributed by atoms with Crippen LogP contribution in [0.3, 0.4) is 0 Å². The number of carbonyl (C=O) groups excluding carboxylic acids is 2. The molecule has 0 aliphatic carbocycles. The van der Waals surface area contributed by atoms with Crippen molar-refractivity contribution in [2.45, 2.75) is 37.7 Å². The maximum Gasteiger partial charge on any atom is 0.454 e. The van der Waals surface area contributed by atoms with E-state index in [4.69, 9.17) is 16.2 Å². The summed E-state index contributed by atoms with van der Waals surface area (Å²) in [6.45, 7) is 3.66. The van der Waals surface area contributed by atoms with Gasteiger partial charge in [0.2, 0.25) is 11.8 Å². The van der Waals surface area contributed by atoms with Gasteiger partial charge in [0, 0.05) is 19.6 Å². The van der Waals surface area contributed by atoms with Crippen LogP contribution in [-0.4, -0.2) is 87.9 Å². The second kappa shape index (κ2) is 10.2. The number of ether oxygens (including phenoxy) is 1. The van der Waals surface area contributed by atoms with E-state index in [1.54, 1.807) is 6.92 Å². The minimum absolute atomic E-state index is 0.0182. The summed E-state index contributed by atoms with van der Waals surface area (Å²) < 4.78 is 5.73. The normalized spacial score (nSPS) is 17.0. The fourth-order valence-corrected chi connectivity index (χ4v) is 3.35. The first kappa shape index (κ1) is 25.4. The number of likely N-dealkylation sites (tertiary alicyclic amines) is 1. The highest BCUT2D eigenvalue weighted by molar-refractivity contribution is 6.43. The highest BCUT2D eigenvalue weighted by atomic mass is 16.5. The minimum Gasteiger partial charge on any atom is -0.507 e. The van der Waals surface area contributed by atoms with Gasteiger partial charge in [-0.3, -0.25) is 14.5 Å². The molecule has 1 aromatic carbocycles. The molecule has 1 aliphatic rings. The molecule has 2 atom stereocenters. The van der Waals surface area contributed by atoms with Crippen LogP contribution in [0.15, 0.2) is 12.1 Å². The highest BCUT2D eigenvalue weighted by Crippen LogP contribution is 2.35. The summed E-state index contributed by atoms with van der Waals surface area (Å²) in [6, 6.07) is 2.90. The van der Waals surface area contributed by atoms with Crippen LogP contribution < -0.4 is 21.5 Å². The Morgan fingerprint density at radius 2 is 1.97 bits per heavy atom. The molecule has 0 aromatic heterocycles. The van der Waals surface area contributed by atoms with Crippen LogP contribution >= 0.6 is 0 Å². The van der Waals surface area contributed by atoms with E-state index in [0.717, 1.165) is 0 Å². The lowest BCUT2D eigenvalue weighted by Crippen LogP contribution is -2.64. The molecular formula is C19H29BN4O8. The van der Waals surface area contributed by atoms with Crippen LogP contribution in [0.1, 0.15) is 29.8 Å². The van der Waals surface area contributed by atoms with Crippen molar-refractivity contribution < 1.29 is 39.4 Å². The molecule has 9 N–H and O–H groups in total. The van der Waals surface area contributed by atoms with Crippen LogP contribution in [0.4, 0.5) is 0 Å². The Labute approximate surface area is 185 Å². The maximum atomic E-state index is 12.1. The molecule has 1 fully saturated rings. The number of carbonyl (C=O) groups is 3. The summed E-state index contributed by atoms with van der Waals surface area (Å²) in [6.07, 6.45) is -0.324. The summed E-state index contributed by atoms with van der Waals surface area (Å²) in [7, 11) is -1.61. The van der Waals surface area contributed by atoms with Gasteiger partial charge in [0.1, 0.15) is 28.7 Å². The molecule has 13 heteroatoms. The van der Waals surface area contributed by atoms with Gasteiger partial charge in [-0.15, -0.1) is 0 Å². The first-order valence-electron chi connectivity index (χ1n) is 10.0. The number of rotatable bonds is 11. The number of hydrogen-bond donors (Lipinski definition) is 7. The van der Waals surface area contributed by atoms with Gasteiger partial charge in [-0.2, -0.15) is 0 Å². The van der Waals surface area contributed by atoms with Gasteiger partial charge < -0.3 is 41.8 Å². The van der Waals surface area contributed by atoms with Gasteiger partial charge >= 0.3 is 13.1 Å². The van der Waals surface area contributed by atoms with E-state index in [2.05, 4.69) is 5.32 Å². The van der Waals surface area contributed by atoms with Crippen molar-refractivity contribution in [3.63, 3.8) is 0 Å². The predicted octanol–water partition coefficient (Wildman–Crippen LogP) is -2.12. The third kappa shape index (κ3) is 6.32. The number of primary amides is 1. The van der Waals surface area contributed by atoms with E-state index >= 15 is 0 Å². The Hall–Kier alpha value is -2.87. The van der Waals surface area contributed by atoms with Gasteiger partial charge in [0.15, 0.2) is 0 Å². The van der Waals surface area contributed by atoms with Crippen LogP contribution in [0.5, 0.6) is 11.5 Å². The number of aromatic hydroxyl groups is 1. The lowest BCUT2D eigenvalue weighted by Gasteiger charge is -2.42. The fourth-order valence-electron chi connectivity index (χ4n) is 3.35. The molecule has 1 unspecified atom stereocenters. The van der Waals surface area contributed by atoms with Crippen molar-refractivity contribution in [3.8, 4) is 11.5 Å². The second-order valence-corrected chi connectivity index (χ2v) is 8.35. The number of carboxylic acids is 1. The standard InChI is InChI=1S/C19H29BN4O8/c1-10(20(30)31)5-11-3-4-13(15(16(11)26)17(27)28)32-12-7-24(8-12)9-19(2,22)18(29)23-6-14(21)25/h3-4,10,12,26,30-31H,5-9,22H2,1-2H3,(H2,21,25)(H,23,29)(H,27,28)/t10-,19?/m0/s1. The largest absolute Gasteiger partial charge is 0.507 e. The SMILES string of the molecule is C[C@@H](Cc1ccc(OC2CN(CC(C)(N)C(=O)NCC(N)=O)C2)c(C(=O)O)c1O)B(O)O. The van der Waals surface area contributed by atoms with Crippen LogP contribution in [0.2, 0.25) is 5.82 Å². The Morgan fingerprint density at radius 3 is 2.50 bits per heavy atom. The highest BCUT2D eigenvalue weighted by Gasteiger charge is 2.38. The number of hydrogen-bond acceptors (Lipinski definition) is 9. The Bertz CT molecular complexity index is 873. The molecule has 1 aromatic rings. The average molecular weight is 452 g/mol. The van der Waals surface area contributed by atoms with E-state index < -0.39 is 47.6 Å². The third-order valence-electron chi connectivity index (χ3n) is 5.20. The van der Waals surface area contributed by atoms with E-state index in [1.807, 2.05) is 4.90 Å². The molecule has 2 rings (SSSR count). The quantitative estimate of drug-likeness (QED) is 0.182. The van der Waals surface area contributed by atoms with Crippen LogP contribution in [-0.2, 0) is 16.0 Å². The summed E-state index contributed by atoms with van der Waals surface area (Å²) >= 11 is 0. The smallest absolute Gasteiger partial charge is 0.454 e. The molecule has 2 amide bonds. The van der Waals surface area contributed by atoms with Crippen molar-refractivity contribution in [1.29, 1.82) is 0 Å². The van der Waals surface area contributed by atoms with Crippen LogP contribution in [0.25, 0.3) is 0 Å². The summed E-state index contributed by atoms with van der Waals surface area (Å²) in [5.41, 5.74) is 9.60. The Morgan fingerprint density at radius 1 is 1.34 bits per heavy atom. The van der Waals surface area contributed by atoms with Crippen molar-refractivity contribution in [1.82, 2.24) is 10.2 Å². The first-order valence-corrected chi connectivity index (χ1v) is 10.0. The zero-order chi connectivity index (χ0) is 24.2. The first-order chi connectivity index (χ1) is 14.8. The summed E-state index contributed by atoms with van der Waals surface area (Å²) in [5.74, 6) is -3.71. The van der Waals surface area contributed by atoms with Crippen molar-refractivity contribution in [2.24, 2.45) is 11.5 Å². The second-order valence-electron chi connectivity index (χ2n) is 8.35. The van der Waals surface area contributed by atoms with Crippen molar-refractivity contribution in [3.05, 3.63) is 23.3 Å². The Kier molecular flexibility index (Phi) is 8.07. The lowest BCUT2D eigenvalue weighted by atomic mass is 9.71. The van der Waals surface area contributed by atoms with Crippen molar-refractivity contribution in [2.75, 3.05) is 26.2 Å². The molecule has 1 heterocycles. The number of phenols is 1. The van der Waals surface area contributed by atoms with Crippen LogP contribution in [0, 0.1) is 0 Å². The number of nitrogens with zero attached hydrogens (tertiary/aromatic N) is 1. The minimum atomic E-state index is -1.61. The van der Waals surface area contributed by atoms with Gasteiger partial charge in [-0.1, -0.05) is 13.0 Å². The number of benzene rings is 1. The molecule has 1 aliphatic heterocycles. The number of nitrogens with one attached hydrogen (secondary N) is 1. The zero-order valence-corrected chi connectivity index (χ0v) is 17.9. The molecule has 1 saturated heterocycles. The molecule has 0 spiro atoms. The fraction of sp³-hybridized carbons (Fsp3) is 0.526. The van der Waals surface area contributed by atoms with E-state index in [9.17, 15) is 34.6 Å². The number of nitrogens with two attached hydrogens (primary N) is 2. The third-order valence-corrected chi connectivity index (χ3v) is 5.20. The summed E-state index contributed by atoms with van der Waals surface area (Å²) in [5, 5.41) is 40.8. The lowest BCUT2D eigenvalue weighted by molar-refractivity contribution is -0.129. The predicted molar refractivity (Wildman–Crippen MR) is 114 cm³/mol. The van der Waals surface area contributed by atoms with E-state index in [1.165, 1.54) is 19.1 Å². The molecule has 0 saturated carbocycles. The number of aromatic carboxylic acids is 1. The van der Waals surface area contributed by atoms with Crippen molar-refractivity contribution >= 4 is 24.9 Å². The molecule has 0 radical (unpaired) electrons. The molecule has 0 bridgehead atoms. The molecular weight excluding hydrogens is 423 g/mol. The molecule has 32 heavy (non-hydrogen) atoms. The molecule has 176 valence electrons. The van der Waals surface area contributed by atoms with Gasteiger partial charge in [-0.05, 0) is 30.8 Å². The monoisotopic (exact) mass is 452 g/mol. The van der Waals surface area contributed by atoms with E-state index in [0.29, 0.717) is 13.1 Å². The number of amides is 2. The maximum absolute atomic E-state index is 12.1. The molecule has 12 nitrogen and oxygen atoms in total.